The molecule has 2 aromatic rings. The van der Waals surface area contributed by atoms with Crippen LogP contribution in [0.5, 0.6) is 0 Å². The fourth-order valence-electron chi connectivity index (χ4n) is 3.59. The van der Waals surface area contributed by atoms with Gasteiger partial charge in [-0.05, 0) is 29.7 Å². The number of carbonyl (C=O) groups is 1. The molecule has 3 heteroatoms. The maximum Gasteiger partial charge on any atom is 0.224 e. The molecule has 1 amide bonds. The molecule has 0 aliphatic heterocycles. The molecule has 0 saturated heterocycles. The molecule has 2 rings (SSSR count). The van der Waals surface area contributed by atoms with Crippen molar-refractivity contribution in [2.75, 3.05) is 5.32 Å². The molecule has 0 fully saturated rings. The summed E-state index contributed by atoms with van der Waals surface area (Å²) in [6.07, 6.45) is 13.5. The summed E-state index contributed by atoms with van der Waals surface area (Å²) in [6.45, 7) is 3.69. The molecule has 0 atom stereocenters. The van der Waals surface area contributed by atoms with Crippen molar-refractivity contribution in [2.24, 2.45) is 0 Å². The van der Waals surface area contributed by atoms with Gasteiger partial charge in [-0.1, -0.05) is 107 Å². The zero-order chi connectivity index (χ0) is 21.3. The Kier molecular flexibility index (Phi) is 12.6. The van der Waals surface area contributed by atoms with Gasteiger partial charge in [0.25, 0.3) is 0 Å². The van der Waals surface area contributed by atoms with E-state index in [1.807, 2.05) is 42.5 Å². The lowest BCUT2D eigenvalue weighted by Gasteiger charge is -2.07. The molecular weight excluding hydrogens is 368 g/mol. The topological polar surface area (TPSA) is 43.2 Å². The first-order chi connectivity index (χ1) is 14.8. The zero-order valence-corrected chi connectivity index (χ0v) is 18.7. The van der Waals surface area contributed by atoms with E-state index in [9.17, 15) is 4.79 Å². The molecule has 0 unspecified atom stereocenters. The monoisotopic (exact) mass is 407 g/mol. The van der Waals surface area contributed by atoms with E-state index >= 15 is 0 Å². The Morgan fingerprint density at radius 2 is 1.23 bits per heavy atom. The molecule has 0 heterocycles. The van der Waals surface area contributed by atoms with Gasteiger partial charge >= 0.3 is 0 Å². The minimum Gasteiger partial charge on any atom is -0.326 e. The van der Waals surface area contributed by atoms with Crippen LogP contribution in [0.15, 0.2) is 54.6 Å². The Hall–Kier alpha value is -2.13. The molecule has 0 spiro atoms. The van der Waals surface area contributed by atoms with Crippen molar-refractivity contribution < 1.29 is 4.79 Å². The van der Waals surface area contributed by atoms with Gasteiger partial charge < -0.3 is 5.32 Å². The number of benzene rings is 2. The Morgan fingerprint density at radius 1 is 0.700 bits per heavy atom. The van der Waals surface area contributed by atoms with Crippen LogP contribution in [0.2, 0.25) is 0 Å². The number of anilines is 1. The molecule has 0 aliphatic carbocycles. The molecule has 2 aromatic carbocycles. The maximum absolute atomic E-state index is 12.1. The van der Waals surface area contributed by atoms with Gasteiger partial charge in [0.2, 0.25) is 5.91 Å². The van der Waals surface area contributed by atoms with Crippen molar-refractivity contribution in [1.29, 1.82) is 0 Å². The Bertz CT molecular complexity index is 682. The Labute approximate surface area is 183 Å². The second-order valence-corrected chi connectivity index (χ2v) is 8.20. The largest absolute Gasteiger partial charge is 0.326 e. The third kappa shape index (κ3) is 11.2. The van der Waals surface area contributed by atoms with Crippen LogP contribution < -0.4 is 10.6 Å². The predicted octanol–water partition coefficient (Wildman–Crippen LogP) is 7.24. The van der Waals surface area contributed by atoms with Gasteiger partial charge in [-0.15, -0.1) is 0 Å². The van der Waals surface area contributed by atoms with Crippen molar-refractivity contribution in [1.82, 2.24) is 5.32 Å². The van der Waals surface area contributed by atoms with E-state index in [0.29, 0.717) is 13.0 Å². The van der Waals surface area contributed by atoms with E-state index in [0.717, 1.165) is 25.1 Å². The van der Waals surface area contributed by atoms with Gasteiger partial charge in [0.05, 0.1) is 0 Å². The highest BCUT2D eigenvalue weighted by molar-refractivity contribution is 5.90. The van der Waals surface area contributed by atoms with Crippen molar-refractivity contribution in [3.8, 4) is 0 Å². The molecule has 163 valence electrons. The zero-order valence-electron chi connectivity index (χ0n) is 18.7. The first kappa shape index (κ1) is 24.1. The maximum atomic E-state index is 12.1. The molecule has 1 N–H and O–H groups in total. The minimum atomic E-state index is 0.121. The molecule has 1 radical (unpaired) electrons. The quantitative estimate of drug-likeness (QED) is 0.293. The molecule has 0 saturated carbocycles. The van der Waals surface area contributed by atoms with Crippen molar-refractivity contribution >= 4 is 11.6 Å². The number of carbonyl (C=O) groups excluding carboxylic acids is 1. The van der Waals surface area contributed by atoms with E-state index in [2.05, 4.69) is 29.7 Å². The number of nitrogens with zero attached hydrogens (tertiary/aromatic N) is 1. The molecule has 0 aromatic heterocycles. The lowest BCUT2D eigenvalue weighted by molar-refractivity contribution is -0.116. The summed E-state index contributed by atoms with van der Waals surface area (Å²) in [6, 6.07) is 18.3. The van der Waals surface area contributed by atoms with Crippen LogP contribution in [0.1, 0.15) is 88.7 Å². The SMILES string of the molecule is CCCCCCCCCCCCC(=O)Nc1ccc(C[N]Cc2ccccc2)cc1. The van der Waals surface area contributed by atoms with Gasteiger partial charge in [-0.3, -0.25) is 4.79 Å². The summed E-state index contributed by atoms with van der Waals surface area (Å²) < 4.78 is 0. The summed E-state index contributed by atoms with van der Waals surface area (Å²) in [7, 11) is 0. The number of nitrogens with one attached hydrogen (secondary N) is 1. The van der Waals surface area contributed by atoms with E-state index in [-0.39, 0.29) is 5.91 Å². The van der Waals surface area contributed by atoms with Gasteiger partial charge in [-0.25, -0.2) is 5.32 Å². The van der Waals surface area contributed by atoms with Gasteiger partial charge in [0.1, 0.15) is 0 Å². The molecular formula is C27H39N2O. The van der Waals surface area contributed by atoms with Gasteiger partial charge in [0, 0.05) is 25.2 Å². The molecule has 0 aliphatic rings. The van der Waals surface area contributed by atoms with Crippen LogP contribution in [-0.4, -0.2) is 5.91 Å². The molecule has 3 nitrogen and oxygen atoms in total. The van der Waals surface area contributed by atoms with Crippen molar-refractivity contribution in [3.63, 3.8) is 0 Å². The predicted molar refractivity (Wildman–Crippen MR) is 128 cm³/mol. The average molecular weight is 408 g/mol. The van der Waals surface area contributed by atoms with E-state index < -0.39 is 0 Å². The average Bonchev–Trinajstić information content (AvgIpc) is 2.77. The van der Waals surface area contributed by atoms with E-state index in [4.69, 9.17) is 0 Å². The highest BCUT2D eigenvalue weighted by Crippen LogP contribution is 2.13. The van der Waals surface area contributed by atoms with Crippen LogP contribution in [0, 0.1) is 0 Å². The second-order valence-electron chi connectivity index (χ2n) is 8.20. The summed E-state index contributed by atoms with van der Waals surface area (Å²) in [5.41, 5.74) is 3.27. The first-order valence-electron chi connectivity index (χ1n) is 11.8. The summed E-state index contributed by atoms with van der Waals surface area (Å²) in [4.78, 5) is 12.1. The van der Waals surface area contributed by atoms with Gasteiger partial charge in [0.15, 0.2) is 0 Å². The number of amides is 1. The van der Waals surface area contributed by atoms with Crippen LogP contribution in [0.4, 0.5) is 5.69 Å². The second kappa shape index (κ2) is 15.7. The Balaban J connectivity index is 1.51. The van der Waals surface area contributed by atoms with Gasteiger partial charge in [-0.2, -0.15) is 0 Å². The highest BCUT2D eigenvalue weighted by atomic mass is 16.1. The normalized spacial score (nSPS) is 10.8. The number of hydrogen-bond donors (Lipinski definition) is 1. The molecule has 30 heavy (non-hydrogen) atoms. The third-order valence-electron chi connectivity index (χ3n) is 5.43. The minimum absolute atomic E-state index is 0.121. The summed E-state index contributed by atoms with van der Waals surface area (Å²) in [5.74, 6) is 0.121. The van der Waals surface area contributed by atoms with Crippen molar-refractivity contribution in [2.45, 2.75) is 90.6 Å². The smallest absolute Gasteiger partial charge is 0.224 e. The first-order valence-corrected chi connectivity index (χ1v) is 11.8. The Morgan fingerprint density at radius 3 is 1.83 bits per heavy atom. The number of hydrogen-bond acceptors (Lipinski definition) is 1. The van der Waals surface area contributed by atoms with Crippen LogP contribution in [-0.2, 0) is 17.9 Å². The lowest BCUT2D eigenvalue weighted by Crippen LogP contribution is -2.11. The van der Waals surface area contributed by atoms with Crippen molar-refractivity contribution in [3.05, 3.63) is 65.7 Å². The van der Waals surface area contributed by atoms with E-state index in [1.54, 1.807) is 0 Å². The summed E-state index contributed by atoms with van der Waals surface area (Å²) >= 11 is 0. The fraction of sp³-hybridized carbons (Fsp3) is 0.519. The number of unbranched alkanes of at least 4 members (excludes halogenated alkanes) is 9. The van der Waals surface area contributed by atoms with Crippen LogP contribution in [0.3, 0.4) is 0 Å². The molecule has 0 bridgehead atoms. The third-order valence-corrected chi connectivity index (χ3v) is 5.43. The van der Waals surface area contributed by atoms with E-state index in [1.165, 1.54) is 62.5 Å². The summed E-state index contributed by atoms with van der Waals surface area (Å²) in [5, 5.41) is 7.62. The lowest BCUT2D eigenvalue weighted by atomic mass is 10.1. The highest BCUT2D eigenvalue weighted by Gasteiger charge is 2.03. The number of rotatable bonds is 16. The fourth-order valence-corrected chi connectivity index (χ4v) is 3.59. The van der Waals surface area contributed by atoms with Crippen LogP contribution in [0.25, 0.3) is 0 Å². The standard InChI is InChI=1S/C27H39N2O/c1-2-3-4-5-6-7-8-9-10-14-17-27(30)29-26-20-18-25(19-21-26)23-28-22-24-15-12-11-13-16-24/h11-13,15-16,18-21H,2-10,14,17,22-23H2,1H3,(H,29,30). The van der Waals surface area contributed by atoms with Crippen LogP contribution >= 0.6 is 0 Å².